The predicted octanol–water partition coefficient (Wildman–Crippen LogP) is 2.94. The number of carbonyl (C=O) groups is 1. The van der Waals surface area contributed by atoms with E-state index in [0.29, 0.717) is 6.54 Å². The lowest BCUT2D eigenvalue weighted by Gasteiger charge is -2.28. The standard InChI is InChI=1S/C15H21NO2/c1-5-8-16(10-15(17)18)13(4)14-7-6-11(2)9-12(14)3/h5-7,9,13H,1,8,10H2,2-4H3,(H,17,18). The van der Waals surface area contributed by atoms with E-state index >= 15 is 0 Å². The van der Waals surface area contributed by atoms with Crippen LogP contribution in [0.3, 0.4) is 0 Å². The summed E-state index contributed by atoms with van der Waals surface area (Å²) in [6, 6.07) is 6.33. The summed E-state index contributed by atoms with van der Waals surface area (Å²) in [6.45, 7) is 10.4. The summed E-state index contributed by atoms with van der Waals surface area (Å²) in [5, 5.41) is 8.94. The quantitative estimate of drug-likeness (QED) is 0.786. The van der Waals surface area contributed by atoms with Gasteiger partial charge in [-0.3, -0.25) is 9.69 Å². The lowest BCUT2D eigenvalue weighted by molar-refractivity contribution is -0.138. The van der Waals surface area contributed by atoms with Gasteiger partial charge in [-0.15, -0.1) is 6.58 Å². The predicted molar refractivity (Wildman–Crippen MR) is 73.7 cm³/mol. The Morgan fingerprint density at radius 3 is 2.67 bits per heavy atom. The third-order valence-electron chi connectivity index (χ3n) is 3.13. The first-order valence-electron chi connectivity index (χ1n) is 6.09. The molecule has 1 N–H and O–H groups in total. The molecule has 18 heavy (non-hydrogen) atoms. The highest BCUT2D eigenvalue weighted by molar-refractivity contribution is 5.69. The van der Waals surface area contributed by atoms with Crippen molar-refractivity contribution >= 4 is 5.97 Å². The second kappa shape index (κ2) is 6.36. The zero-order chi connectivity index (χ0) is 13.7. The fourth-order valence-electron chi connectivity index (χ4n) is 2.19. The number of hydrogen-bond donors (Lipinski definition) is 1. The molecule has 0 aromatic heterocycles. The zero-order valence-corrected chi connectivity index (χ0v) is 11.3. The van der Waals surface area contributed by atoms with Crippen molar-refractivity contribution < 1.29 is 9.90 Å². The fourth-order valence-corrected chi connectivity index (χ4v) is 2.19. The normalized spacial score (nSPS) is 12.4. The lowest BCUT2D eigenvalue weighted by atomic mass is 9.99. The summed E-state index contributed by atoms with van der Waals surface area (Å²) in [5.41, 5.74) is 3.59. The summed E-state index contributed by atoms with van der Waals surface area (Å²) >= 11 is 0. The van der Waals surface area contributed by atoms with Crippen LogP contribution in [0.1, 0.15) is 29.7 Å². The highest BCUT2D eigenvalue weighted by atomic mass is 16.4. The molecule has 1 aromatic carbocycles. The largest absolute Gasteiger partial charge is 0.480 e. The van der Waals surface area contributed by atoms with Gasteiger partial charge in [0.15, 0.2) is 0 Å². The Kier molecular flexibility index (Phi) is 5.10. The van der Waals surface area contributed by atoms with E-state index in [1.807, 2.05) is 11.8 Å². The van der Waals surface area contributed by atoms with Gasteiger partial charge in [-0.1, -0.05) is 29.8 Å². The molecule has 3 nitrogen and oxygen atoms in total. The van der Waals surface area contributed by atoms with Gasteiger partial charge in [0.25, 0.3) is 0 Å². The van der Waals surface area contributed by atoms with Crippen molar-refractivity contribution in [2.24, 2.45) is 0 Å². The minimum absolute atomic E-state index is 0.0283. The van der Waals surface area contributed by atoms with Crippen molar-refractivity contribution in [2.45, 2.75) is 26.8 Å². The maximum Gasteiger partial charge on any atom is 0.317 e. The summed E-state index contributed by atoms with van der Waals surface area (Å²) in [6.07, 6.45) is 1.74. The molecule has 0 amide bonds. The number of hydrogen-bond acceptors (Lipinski definition) is 2. The summed E-state index contributed by atoms with van der Waals surface area (Å²) in [7, 11) is 0. The first-order chi connectivity index (χ1) is 8.45. The molecule has 1 rings (SSSR count). The second-order valence-corrected chi connectivity index (χ2v) is 4.65. The Bertz CT molecular complexity index is 440. The van der Waals surface area contributed by atoms with Gasteiger partial charge < -0.3 is 5.11 Å². The molecule has 0 aliphatic heterocycles. The van der Waals surface area contributed by atoms with Crippen LogP contribution in [0.15, 0.2) is 30.9 Å². The molecule has 0 heterocycles. The van der Waals surface area contributed by atoms with E-state index in [9.17, 15) is 4.79 Å². The molecule has 1 aromatic rings. The van der Waals surface area contributed by atoms with Gasteiger partial charge in [-0.25, -0.2) is 0 Å². The van der Waals surface area contributed by atoms with Crippen LogP contribution in [-0.4, -0.2) is 29.1 Å². The molecule has 0 aliphatic rings. The van der Waals surface area contributed by atoms with Gasteiger partial charge in [0, 0.05) is 12.6 Å². The Morgan fingerprint density at radius 1 is 1.50 bits per heavy atom. The first-order valence-corrected chi connectivity index (χ1v) is 6.09. The van der Waals surface area contributed by atoms with E-state index in [4.69, 9.17) is 5.11 Å². The van der Waals surface area contributed by atoms with Gasteiger partial charge in [0.1, 0.15) is 0 Å². The van der Waals surface area contributed by atoms with Gasteiger partial charge in [0.05, 0.1) is 6.54 Å². The molecule has 1 atom stereocenters. The Morgan fingerprint density at radius 2 is 2.17 bits per heavy atom. The van der Waals surface area contributed by atoms with E-state index in [0.717, 1.165) is 0 Å². The van der Waals surface area contributed by atoms with Crippen LogP contribution in [0, 0.1) is 13.8 Å². The van der Waals surface area contributed by atoms with Crippen LogP contribution in [0.25, 0.3) is 0 Å². The topological polar surface area (TPSA) is 40.5 Å². The molecule has 0 radical (unpaired) electrons. The third-order valence-corrected chi connectivity index (χ3v) is 3.13. The van der Waals surface area contributed by atoms with Crippen LogP contribution in [0.5, 0.6) is 0 Å². The third kappa shape index (κ3) is 3.70. The van der Waals surface area contributed by atoms with Crippen molar-refractivity contribution in [2.75, 3.05) is 13.1 Å². The highest BCUT2D eigenvalue weighted by Crippen LogP contribution is 2.24. The number of rotatable bonds is 6. The summed E-state index contributed by atoms with van der Waals surface area (Å²) < 4.78 is 0. The zero-order valence-electron chi connectivity index (χ0n) is 11.3. The lowest BCUT2D eigenvalue weighted by Crippen LogP contribution is -2.32. The Hall–Kier alpha value is -1.61. The van der Waals surface area contributed by atoms with E-state index in [1.54, 1.807) is 6.08 Å². The van der Waals surface area contributed by atoms with Crippen molar-refractivity contribution in [3.8, 4) is 0 Å². The summed E-state index contributed by atoms with van der Waals surface area (Å²) in [5.74, 6) is -0.812. The molecule has 0 saturated heterocycles. The van der Waals surface area contributed by atoms with Crippen LogP contribution in [-0.2, 0) is 4.79 Å². The molecule has 0 spiro atoms. The Balaban J connectivity index is 2.96. The number of benzene rings is 1. The Labute approximate surface area is 109 Å². The molecule has 3 heteroatoms. The first kappa shape index (κ1) is 14.5. The molecule has 0 aliphatic carbocycles. The van der Waals surface area contributed by atoms with E-state index in [2.05, 4.69) is 38.6 Å². The van der Waals surface area contributed by atoms with Crippen LogP contribution >= 0.6 is 0 Å². The van der Waals surface area contributed by atoms with Crippen molar-refractivity contribution in [3.05, 3.63) is 47.5 Å². The van der Waals surface area contributed by atoms with Gasteiger partial charge in [0.2, 0.25) is 0 Å². The van der Waals surface area contributed by atoms with Crippen LogP contribution in [0.4, 0.5) is 0 Å². The molecule has 0 saturated carbocycles. The minimum Gasteiger partial charge on any atom is -0.480 e. The molecule has 1 unspecified atom stereocenters. The number of carboxylic acid groups (broad SMARTS) is 1. The number of carboxylic acids is 1. The van der Waals surface area contributed by atoms with E-state index in [1.165, 1.54) is 16.7 Å². The SMILES string of the molecule is C=CCN(CC(=O)O)C(C)c1ccc(C)cc1C. The smallest absolute Gasteiger partial charge is 0.317 e. The van der Waals surface area contributed by atoms with E-state index < -0.39 is 5.97 Å². The second-order valence-electron chi connectivity index (χ2n) is 4.65. The van der Waals surface area contributed by atoms with Crippen LogP contribution < -0.4 is 0 Å². The van der Waals surface area contributed by atoms with Crippen molar-refractivity contribution in [1.29, 1.82) is 0 Å². The molecular weight excluding hydrogens is 226 g/mol. The summed E-state index contributed by atoms with van der Waals surface area (Å²) in [4.78, 5) is 12.8. The maximum absolute atomic E-state index is 10.9. The number of nitrogens with zero attached hydrogens (tertiary/aromatic N) is 1. The average molecular weight is 247 g/mol. The number of aryl methyl sites for hydroxylation is 2. The molecular formula is C15H21NO2. The number of aliphatic carboxylic acids is 1. The maximum atomic E-state index is 10.9. The van der Waals surface area contributed by atoms with Gasteiger partial charge in [-0.2, -0.15) is 0 Å². The van der Waals surface area contributed by atoms with E-state index in [-0.39, 0.29) is 12.6 Å². The minimum atomic E-state index is -0.812. The van der Waals surface area contributed by atoms with Crippen LogP contribution in [0.2, 0.25) is 0 Å². The fraction of sp³-hybridized carbons (Fsp3) is 0.400. The van der Waals surface area contributed by atoms with Gasteiger partial charge in [-0.05, 0) is 31.9 Å². The molecule has 0 fully saturated rings. The average Bonchev–Trinajstić information content (AvgIpc) is 2.27. The molecule has 98 valence electrons. The van der Waals surface area contributed by atoms with Crippen molar-refractivity contribution in [3.63, 3.8) is 0 Å². The molecule has 0 bridgehead atoms. The van der Waals surface area contributed by atoms with Gasteiger partial charge >= 0.3 is 5.97 Å². The monoisotopic (exact) mass is 247 g/mol. The van der Waals surface area contributed by atoms with Crippen molar-refractivity contribution in [1.82, 2.24) is 4.90 Å². The highest BCUT2D eigenvalue weighted by Gasteiger charge is 2.18.